The van der Waals surface area contributed by atoms with Crippen molar-refractivity contribution in [2.75, 3.05) is 19.0 Å². The van der Waals surface area contributed by atoms with Crippen LogP contribution in [0.4, 0.5) is 5.69 Å². The average Bonchev–Trinajstić information content (AvgIpc) is 3.09. The zero-order valence-electron chi connectivity index (χ0n) is 13.0. The van der Waals surface area contributed by atoms with E-state index in [9.17, 15) is 9.59 Å². The second-order valence-electron chi connectivity index (χ2n) is 4.91. The number of halogens is 1. The summed E-state index contributed by atoms with van der Waals surface area (Å²) in [5.74, 6) is -0.337. The van der Waals surface area contributed by atoms with Gasteiger partial charge in [-0.3, -0.25) is 4.79 Å². The molecule has 0 spiro atoms. The highest BCUT2D eigenvalue weighted by atomic mass is 79.9. The van der Waals surface area contributed by atoms with Crippen molar-refractivity contribution in [3.8, 4) is 5.75 Å². The Morgan fingerprint density at radius 3 is 2.84 bits per heavy atom. The van der Waals surface area contributed by atoms with Crippen LogP contribution in [0.5, 0.6) is 5.75 Å². The molecule has 0 unspecified atom stereocenters. The van der Waals surface area contributed by atoms with Crippen molar-refractivity contribution in [3.63, 3.8) is 0 Å². The van der Waals surface area contributed by atoms with E-state index in [2.05, 4.69) is 34.7 Å². The number of amides is 1. The van der Waals surface area contributed by atoms with E-state index < -0.39 is 5.97 Å². The van der Waals surface area contributed by atoms with Gasteiger partial charge in [-0.05, 0) is 46.3 Å². The molecule has 3 rings (SSSR count). The van der Waals surface area contributed by atoms with Crippen molar-refractivity contribution in [3.05, 3.63) is 46.4 Å². The van der Waals surface area contributed by atoms with E-state index in [4.69, 9.17) is 4.74 Å². The number of anilines is 1. The molecular formula is C16H12BrN3O4S. The minimum absolute atomic E-state index is 0.190. The molecule has 0 aliphatic heterocycles. The Balaban J connectivity index is 1.64. The van der Waals surface area contributed by atoms with Crippen molar-refractivity contribution in [2.45, 2.75) is 0 Å². The molecule has 0 fully saturated rings. The Morgan fingerprint density at radius 1 is 1.24 bits per heavy atom. The first kappa shape index (κ1) is 17.3. The molecule has 0 atom stereocenters. The van der Waals surface area contributed by atoms with Gasteiger partial charge in [-0.25, -0.2) is 4.79 Å². The summed E-state index contributed by atoms with van der Waals surface area (Å²) in [7, 11) is 1.31. The average molecular weight is 422 g/mol. The topological polar surface area (TPSA) is 90.4 Å². The Kier molecular flexibility index (Phi) is 5.25. The van der Waals surface area contributed by atoms with Crippen LogP contribution >= 0.6 is 27.7 Å². The van der Waals surface area contributed by atoms with Crippen LogP contribution in [0.3, 0.4) is 0 Å². The second kappa shape index (κ2) is 7.58. The van der Waals surface area contributed by atoms with Gasteiger partial charge in [0.2, 0.25) is 0 Å². The van der Waals surface area contributed by atoms with Crippen molar-refractivity contribution in [1.29, 1.82) is 0 Å². The number of rotatable bonds is 5. The summed E-state index contributed by atoms with van der Waals surface area (Å²) in [4.78, 5) is 23.6. The Labute approximate surface area is 155 Å². The number of aromatic nitrogens is 2. The summed E-state index contributed by atoms with van der Waals surface area (Å²) in [5.41, 5.74) is 2.34. The van der Waals surface area contributed by atoms with Crippen LogP contribution in [0.15, 0.2) is 40.9 Å². The van der Waals surface area contributed by atoms with E-state index in [1.165, 1.54) is 7.11 Å². The molecule has 0 radical (unpaired) electrons. The number of fused-ring (bicyclic) bond motifs is 1. The van der Waals surface area contributed by atoms with Crippen molar-refractivity contribution in [2.24, 2.45) is 0 Å². The Morgan fingerprint density at radius 2 is 2.08 bits per heavy atom. The van der Waals surface area contributed by atoms with E-state index in [0.29, 0.717) is 27.0 Å². The molecule has 7 nitrogen and oxygen atoms in total. The third-order valence-corrected chi connectivity index (χ3v) is 4.43. The molecule has 1 N–H and O–H groups in total. The maximum Gasteiger partial charge on any atom is 0.337 e. The van der Waals surface area contributed by atoms with E-state index >= 15 is 0 Å². The highest BCUT2D eigenvalue weighted by Gasteiger charge is 2.12. The van der Waals surface area contributed by atoms with Crippen LogP contribution in [-0.4, -0.2) is 34.3 Å². The molecule has 9 heteroatoms. The van der Waals surface area contributed by atoms with Crippen LogP contribution in [0.2, 0.25) is 0 Å². The zero-order valence-corrected chi connectivity index (χ0v) is 15.4. The molecule has 0 aliphatic rings. The highest BCUT2D eigenvalue weighted by molar-refractivity contribution is 9.10. The summed E-state index contributed by atoms with van der Waals surface area (Å²) in [6.45, 7) is -0.190. The lowest BCUT2D eigenvalue weighted by Gasteiger charge is -2.10. The standard InChI is InChI=1S/C16H12BrN3O4S/c1-23-16(22)9-5-6-13(10(17)7-9)24-8-14(21)18-11-3-2-4-12-15(11)20-25-19-12/h2-7H,8H2,1H3,(H,18,21). The van der Waals surface area contributed by atoms with Gasteiger partial charge in [-0.15, -0.1) is 0 Å². The lowest BCUT2D eigenvalue weighted by Crippen LogP contribution is -2.20. The number of benzene rings is 2. The largest absolute Gasteiger partial charge is 0.483 e. The van der Waals surface area contributed by atoms with Crippen LogP contribution in [0, 0.1) is 0 Å². The predicted octanol–water partition coefficient (Wildman–Crippen LogP) is 3.26. The first-order valence-corrected chi connectivity index (χ1v) is 8.62. The number of methoxy groups -OCH3 is 1. The lowest BCUT2D eigenvalue weighted by atomic mass is 10.2. The molecule has 2 aromatic carbocycles. The maximum atomic E-state index is 12.1. The number of hydrogen-bond acceptors (Lipinski definition) is 7. The van der Waals surface area contributed by atoms with E-state index in [1.807, 2.05) is 6.07 Å². The molecule has 1 amide bonds. The number of carbonyl (C=O) groups excluding carboxylic acids is 2. The maximum absolute atomic E-state index is 12.1. The Bertz CT molecular complexity index is 944. The number of ether oxygens (including phenoxy) is 2. The molecule has 128 valence electrons. The van der Waals surface area contributed by atoms with Gasteiger partial charge in [0.05, 0.1) is 34.6 Å². The smallest absolute Gasteiger partial charge is 0.337 e. The van der Waals surface area contributed by atoms with Gasteiger partial charge in [0.1, 0.15) is 16.8 Å². The molecule has 0 aliphatic carbocycles. The number of esters is 1. The van der Waals surface area contributed by atoms with Gasteiger partial charge in [0.25, 0.3) is 5.91 Å². The molecular weight excluding hydrogens is 410 g/mol. The third kappa shape index (κ3) is 3.94. The van der Waals surface area contributed by atoms with Gasteiger partial charge in [0.15, 0.2) is 6.61 Å². The Hall–Kier alpha value is -2.52. The predicted molar refractivity (Wildman–Crippen MR) is 97.0 cm³/mol. The van der Waals surface area contributed by atoms with Gasteiger partial charge in [0, 0.05) is 0 Å². The molecule has 0 bridgehead atoms. The number of carbonyl (C=O) groups is 2. The fourth-order valence-corrected chi connectivity index (χ4v) is 3.14. The minimum atomic E-state index is -0.449. The molecule has 0 saturated heterocycles. The molecule has 0 saturated carbocycles. The van der Waals surface area contributed by atoms with E-state index in [1.54, 1.807) is 30.3 Å². The lowest BCUT2D eigenvalue weighted by molar-refractivity contribution is -0.118. The van der Waals surface area contributed by atoms with Crippen LogP contribution in [0.25, 0.3) is 11.0 Å². The normalized spacial score (nSPS) is 10.5. The minimum Gasteiger partial charge on any atom is -0.483 e. The van der Waals surface area contributed by atoms with Gasteiger partial charge in [-0.1, -0.05) is 6.07 Å². The van der Waals surface area contributed by atoms with Crippen molar-refractivity contribution < 1.29 is 19.1 Å². The first-order valence-electron chi connectivity index (χ1n) is 7.10. The molecule has 25 heavy (non-hydrogen) atoms. The summed E-state index contributed by atoms with van der Waals surface area (Å²) in [6, 6.07) is 10.1. The summed E-state index contributed by atoms with van der Waals surface area (Å²) >= 11 is 4.39. The van der Waals surface area contributed by atoms with Crippen molar-refractivity contribution in [1.82, 2.24) is 8.75 Å². The number of hydrogen-bond donors (Lipinski definition) is 1. The van der Waals surface area contributed by atoms with E-state index in [-0.39, 0.29) is 12.5 Å². The van der Waals surface area contributed by atoms with E-state index in [0.717, 1.165) is 17.2 Å². The number of nitrogens with one attached hydrogen (secondary N) is 1. The molecule has 3 aromatic rings. The first-order chi connectivity index (χ1) is 12.1. The van der Waals surface area contributed by atoms with Crippen molar-refractivity contribution >= 4 is 56.3 Å². The SMILES string of the molecule is COC(=O)c1ccc(OCC(=O)Nc2cccc3nsnc23)c(Br)c1. The monoisotopic (exact) mass is 421 g/mol. The summed E-state index contributed by atoms with van der Waals surface area (Å²) < 4.78 is 19.0. The van der Waals surface area contributed by atoms with Gasteiger partial charge >= 0.3 is 5.97 Å². The molecule has 1 heterocycles. The van der Waals surface area contributed by atoms with Crippen LogP contribution in [-0.2, 0) is 9.53 Å². The van der Waals surface area contributed by atoms with Gasteiger partial charge in [-0.2, -0.15) is 8.75 Å². The third-order valence-electron chi connectivity index (χ3n) is 3.27. The zero-order chi connectivity index (χ0) is 17.8. The number of nitrogens with zero attached hydrogens (tertiary/aromatic N) is 2. The molecule has 1 aromatic heterocycles. The van der Waals surface area contributed by atoms with Crippen LogP contribution in [0.1, 0.15) is 10.4 Å². The second-order valence-corrected chi connectivity index (χ2v) is 6.29. The highest BCUT2D eigenvalue weighted by Crippen LogP contribution is 2.26. The quantitative estimate of drug-likeness (QED) is 0.635. The summed E-state index contributed by atoms with van der Waals surface area (Å²) in [6.07, 6.45) is 0. The fraction of sp³-hybridized carbons (Fsp3) is 0.125. The van der Waals surface area contributed by atoms with Crippen LogP contribution < -0.4 is 10.1 Å². The fourth-order valence-electron chi connectivity index (χ4n) is 2.10. The summed E-state index contributed by atoms with van der Waals surface area (Å²) in [5, 5.41) is 2.75. The van der Waals surface area contributed by atoms with Gasteiger partial charge < -0.3 is 14.8 Å².